The van der Waals surface area contributed by atoms with Gasteiger partial charge >= 0.3 is 0 Å². The summed E-state index contributed by atoms with van der Waals surface area (Å²) in [4.78, 5) is 13.0. The highest BCUT2D eigenvalue weighted by molar-refractivity contribution is 7.89. The molecule has 8 bridgehead atoms. The molecule has 1 atom stereocenters. The number of ether oxygens (including phenoxy) is 3. The Labute approximate surface area is 261 Å². The Hall–Kier alpha value is -4.25. The molecule has 2 N–H and O–H groups in total. The molecule has 0 aliphatic carbocycles. The molecule has 3 heterocycles. The summed E-state index contributed by atoms with van der Waals surface area (Å²) in [6.45, 7) is 2.46. The van der Waals surface area contributed by atoms with E-state index in [1.807, 2.05) is 18.2 Å². The number of nitrogens with one attached hydrogen (secondary N) is 1. The van der Waals surface area contributed by atoms with Crippen molar-refractivity contribution in [2.75, 3.05) is 26.8 Å². The van der Waals surface area contributed by atoms with Gasteiger partial charge in [-0.1, -0.05) is 29.8 Å². The van der Waals surface area contributed by atoms with Gasteiger partial charge in [0.2, 0.25) is 10.0 Å². The molecule has 0 saturated carbocycles. The number of phenolic OH excluding ortho intramolecular Hbond substituents is 1. The largest absolute Gasteiger partial charge is 0.507 e. The number of benzene rings is 4. The van der Waals surface area contributed by atoms with Crippen molar-refractivity contribution in [3.05, 3.63) is 106 Å². The number of phenols is 1. The van der Waals surface area contributed by atoms with Gasteiger partial charge in [0.15, 0.2) is 11.5 Å². The van der Waals surface area contributed by atoms with E-state index in [4.69, 9.17) is 25.8 Å². The van der Waals surface area contributed by atoms with Crippen LogP contribution in [0, 0.1) is 6.92 Å². The molecule has 3 aliphatic heterocycles. The van der Waals surface area contributed by atoms with Gasteiger partial charge in [-0.3, -0.25) is 4.79 Å². The molecule has 9 nitrogen and oxygen atoms in total. The minimum atomic E-state index is -3.99. The molecule has 1 unspecified atom stereocenters. The molecular weight excluding hydrogens is 604 g/mol. The van der Waals surface area contributed by atoms with Crippen molar-refractivity contribution >= 4 is 27.5 Å². The van der Waals surface area contributed by atoms with Crippen molar-refractivity contribution < 1.29 is 32.5 Å². The zero-order chi connectivity index (χ0) is 31.0. The van der Waals surface area contributed by atoms with Gasteiger partial charge in [0.05, 0.1) is 30.2 Å². The second-order valence-corrected chi connectivity index (χ2v) is 12.9. The molecule has 0 aromatic heterocycles. The lowest BCUT2D eigenvalue weighted by Crippen LogP contribution is -2.40. The number of hydrogen-bond donors (Lipinski definition) is 2. The lowest BCUT2D eigenvalue weighted by Gasteiger charge is -2.37. The highest BCUT2D eigenvalue weighted by atomic mass is 35.5. The molecule has 0 radical (unpaired) electrons. The van der Waals surface area contributed by atoms with Gasteiger partial charge in [-0.15, -0.1) is 0 Å². The molecule has 4 aromatic rings. The molecule has 11 heteroatoms. The van der Waals surface area contributed by atoms with E-state index in [9.17, 15) is 18.3 Å². The Bertz CT molecular complexity index is 1860. The van der Waals surface area contributed by atoms with Crippen LogP contribution in [-0.2, 0) is 16.4 Å². The van der Waals surface area contributed by atoms with Crippen molar-refractivity contribution in [1.29, 1.82) is 0 Å². The van der Waals surface area contributed by atoms with Crippen LogP contribution in [0.4, 0.5) is 0 Å². The van der Waals surface area contributed by atoms with Crippen molar-refractivity contribution in [2.24, 2.45) is 0 Å². The van der Waals surface area contributed by atoms with Crippen LogP contribution in [0.3, 0.4) is 0 Å². The summed E-state index contributed by atoms with van der Waals surface area (Å²) in [5.74, 6) is 1.25. The highest BCUT2D eigenvalue weighted by Crippen LogP contribution is 2.43. The van der Waals surface area contributed by atoms with Gasteiger partial charge in [0, 0.05) is 18.1 Å². The molecule has 0 fully saturated rings. The Kier molecular flexibility index (Phi) is 8.15. The van der Waals surface area contributed by atoms with Crippen molar-refractivity contribution in [3.63, 3.8) is 0 Å². The lowest BCUT2D eigenvalue weighted by molar-refractivity contribution is 0.0948. The average Bonchev–Trinajstić information content (AvgIpc) is 3.01. The molecule has 0 spiro atoms. The van der Waals surface area contributed by atoms with E-state index in [1.165, 1.54) is 23.5 Å². The second kappa shape index (κ2) is 12.0. The molecule has 0 saturated heterocycles. The smallest absolute Gasteiger partial charge is 0.255 e. The number of nitrogens with zero attached hydrogens (tertiary/aromatic N) is 1. The maximum atomic E-state index is 14.3. The topological polar surface area (TPSA) is 114 Å². The van der Waals surface area contributed by atoms with Gasteiger partial charge in [0.25, 0.3) is 5.91 Å². The zero-order valence-electron chi connectivity index (χ0n) is 24.2. The van der Waals surface area contributed by atoms with E-state index in [2.05, 4.69) is 5.32 Å². The first-order chi connectivity index (χ1) is 21.2. The number of hydrogen-bond acceptors (Lipinski definition) is 7. The van der Waals surface area contributed by atoms with Crippen LogP contribution in [-0.4, -0.2) is 50.5 Å². The van der Waals surface area contributed by atoms with E-state index < -0.39 is 22.0 Å². The van der Waals surface area contributed by atoms with E-state index >= 15 is 0 Å². The molecule has 228 valence electrons. The first-order valence-corrected chi connectivity index (χ1v) is 16.0. The summed E-state index contributed by atoms with van der Waals surface area (Å²) < 4.78 is 47.9. The van der Waals surface area contributed by atoms with Crippen LogP contribution in [0.15, 0.2) is 77.7 Å². The predicted octanol–water partition coefficient (Wildman–Crippen LogP) is 6.00. The standard InChI is InChI=1S/C33H31ClN2O7S/c1-20-27(34)5-3-6-31(20)44(39,40)36-15-13-21-17-23-8-10-25(21)32(36)22-7-12-29(41-2)30(18-22)42-16-4-14-35-33(38)26-19-24(43-23)9-11-28(26)37/h3,5-12,17-19,32,37H,4,13-16H2,1-2H3,(H,35,38). The molecule has 7 rings (SSSR count). The number of amides is 1. The van der Waals surface area contributed by atoms with Crippen molar-refractivity contribution in [1.82, 2.24) is 9.62 Å². The SMILES string of the molecule is COc1ccc2cc1OCCCNC(=O)c1cc(ccc1O)Oc1ccc3c(c1)CCN(S(=O)(=O)c1cccc(Cl)c1C)C23. The average molecular weight is 635 g/mol. The molecular formula is C33H31ClN2O7S. The number of carbonyl (C=O) groups excluding carboxylic acids is 1. The quantitative estimate of drug-likeness (QED) is 0.284. The number of halogens is 1. The van der Waals surface area contributed by atoms with Crippen LogP contribution in [0.2, 0.25) is 5.02 Å². The summed E-state index contributed by atoms with van der Waals surface area (Å²) in [5, 5.41) is 13.5. The van der Waals surface area contributed by atoms with E-state index in [0.29, 0.717) is 58.5 Å². The van der Waals surface area contributed by atoms with Crippen molar-refractivity contribution in [3.8, 4) is 28.7 Å². The van der Waals surface area contributed by atoms with Crippen LogP contribution < -0.4 is 19.5 Å². The van der Waals surface area contributed by atoms with Gasteiger partial charge in [-0.25, -0.2) is 8.42 Å². The monoisotopic (exact) mass is 634 g/mol. The highest BCUT2D eigenvalue weighted by Gasteiger charge is 2.39. The Balaban J connectivity index is 1.50. The third-order valence-electron chi connectivity index (χ3n) is 7.92. The Morgan fingerprint density at radius 1 is 1.05 bits per heavy atom. The maximum absolute atomic E-state index is 14.3. The van der Waals surface area contributed by atoms with Gasteiger partial charge < -0.3 is 24.6 Å². The Morgan fingerprint density at radius 3 is 2.66 bits per heavy atom. The summed E-state index contributed by atoms with van der Waals surface area (Å²) in [6, 6.07) is 19.6. The normalized spacial score (nSPS) is 17.1. The van der Waals surface area contributed by atoms with E-state index in [-0.39, 0.29) is 29.4 Å². The number of methoxy groups -OCH3 is 1. The fraction of sp³-hybridized carbons (Fsp3) is 0.242. The molecule has 3 aliphatic rings. The third-order valence-corrected chi connectivity index (χ3v) is 10.3. The van der Waals surface area contributed by atoms with Gasteiger partial charge in [-0.2, -0.15) is 4.31 Å². The number of aromatic hydroxyl groups is 1. The first-order valence-electron chi connectivity index (χ1n) is 14.2. The summed E-state index contributed by atoms with van der Waals surface area (Å²) >= 11 is 6.36. The Morgan fingerprint density at radius 2 is 1.84 bits per heavy atom. The fourth-order valence-corrected chi connectivity index (χ4v) is 7.74. The number of sulfonamides is 1. The van der Waals surface area contributed by atoms with E-state index in [1.54, 1.807) is 49.4 Å². The minimum Gasteiger partial charge on any atom is -0.507 e. The molecule has 4 aromatic carbocycles. The predicted molar refractivity (Wildman–Crippen MR) is 166 cm³/mol. The fourth-order valence-electron chi connectivity index (χ4n) is 5.67. The van der Waals surface area contributed by atoms with Gasteiger partial charge in [-0.05, 0) is 96.6 Å². The van der Waals surface area contributed by atoms with Crippen molar-refractivity contribution in [2.45, 2.75) is 30.7 Å². The third kappa shape index (κ3) is 5.56. The van der Waals surface area contributed by atoms with E-state index in [0.717, 1.165) is 11.1 Å². The lowest BCUT2D eigenvalue weighted by atomic mass is 9.89. The van der Waals surface area contributed by atoms with Crippen LogP contribution in [0.25, 0.3) is 0 Å². The maximum Gasteiger partial charge on any atom is 0.255 e. The molecule has 44 heavy (non-hydrogen) atoms. The molecule has 1 amide bonds. The number of rotatable bonds is 3. The number of carbonyl (C=O) groups is 1. The second-order valence-electron chi connectivity index (χ2n) is 10.6. The first kappa shape index (κ1) is 29.8. The summed E-state index contributed by atoms with van der Waals surface area (Å²) in [6.07, 6.45) is 0.906. The number of fused-ring (bicyclic) bond motifs is 6. The van der Waals surface area contributed by atoms with Gasteiger partial charge in [0.1, 0.15) is 17.2 Å². The van der Waals surface area contributed by atoms with Crippen LogP contribution >= 0.6 is 11.6 Å². The van der Waals surface area contributed by atoms with Crippen LogP contribution in [0.1, 0.15) is 45.1 Å². The summed E-state index contributed by atoms with van der Waals surface area (Å²) in [5.41, 5.74) is 3.00. The zero-order valence-corrected chi connectivity index (χ0v) is 25.7. The summed E-state index contributed by atoms with van der Waals surface area (Å²) in [7, 11) is -2.45. The van der Waals surface area contributed by atoms with Crippen LogP contribution in [0.5, 0.6) is 28.7 Å². The minimum absolute atomic E-state index is 0.0917.